The molecule has 6 heteroatoms. The van der Waals surface area contributed by atoms with Crippen molar-refractivity contribution in [2.75, 3.05) is 14.2 Å². The van der Waals surface area contributed by atoms with Crippen LogP contribution < -0.4 is 18.9 Å². The number of carbonyl (C=O) groups is 1. The molecule has 0 amide bonds. The highest BCUT2D eigenvalue weighted by atomic mass is 16.5. The average molecular weight is 441 g/mol. The van der Waals surface area contributed by atoms with Gasteiger partial charge in [0.25, 0.3) is 0 Å². The first kappa shape index (κ1) is 20.7. The Morgan fingerprint density at radius 1 is 0.970 bits per heavy atom. The standard InChI is InChI=1S/C27H23NO5/c1-28-15-18(22-13-19(30-2)9-11-23(22)28)12-26-27(29)21-10-8-20(14-25(21)33-26)32-16-17-6-4-5-7-24(17)31-3/h4-15H,16H2,1-3H3/b26-12-. The summed E-state index contributed by atoms with van der Waals surface area (Å²) < 4.78 is 24.6. The van der Waals surface area contributed by atoms with Gasteiger partial charge in [0.1, 0.15) is 29.6 Å². The first-order valence-electron chi connectivity index (χ1n) is 10.5. The van der Waals surface area contributed by atoms with Gasteiger partial charge in [-0.1, -0.05) is 18.2 Å². The van der Waals surface area contributed by atoms with Gasteiger partial charge in [-0.05, 0) is 42.5 Å². The lowest BCUT2D eigenvalue weighted by Gasteiger charge is -2.10. The number of aryl methyl sites for hydroxylation is 1. The van der Waals surface area contributed by atoms with Crippen LogP contribution in [0.1, 0.15) is 21.5 Å². The summed E-state index contributed by atoms with van der Waals surface area (Å²) in [7, 11) is 5.23. The van der Waals surface area contributed by atoms with Crippen molar-refractivity contribution in [2.45, 2.75) is 6.61 Å². The number of aromatic nitrogens is 1. The zero-order chi connectivity index (χ0) is 22.9. The molecule has 0 unspecified atom stereocenters. The van der Waals surface area contributed by atoms with Gasteiger partial charge in [-0.25, -0.2) is 0 Å². The Balaban J connectivity index is 1.40. The summed E-state index contributed by atoms with van der Waals surface area (Å²) in [5.41, 5.74) is 3.38. The van der Waals surface area contributed by atoms with Crippen LogP contribution in [-0.2, 0) is 13.7 Å². The molecule has 1 aromatic heterocycles. The Labute approximate surface area is 191 Å². The maximum Gasteiger partial charge on any atom is 0.231 e. The Hall–Kier alpha value is -4.19. The molecule has 5 rings (SSSR count). The normalized spacial score (nSPS) is 13.8. The summed E-state index contributed by atoms with van der Waals surface area (Å²) in [4.78, 5) is 13.0. The van der Waals surface area contributed by atoms with E-state index >= 15 is 0 Å². The average Bonchev–Trinajstić information content (AvgIpc) is 3.33. The van der Waals surface area contributed by atoms with Crippen molar-refractivity contribution in [3.63, 3.8) is 0 Å². The number of rotatable bonds is 6. The van der Waals surface area contributed by atoms with Crippen molar-refractivity contribution in [3.8, 4) is 23.0 Å². The van der Waals surface area contributed by atoms with Crippen molar-refractivity contribution < 1.29 is 23.7 Å². The highest BCUT2D eigenvalue weighted by molar-refractivity contribution is 6.15. The van der Waals surface area contributed by atoms with Crippen molar-refractivity contribution in [2.24, 2.45) is 7.05 Å². The van der Waals surface area contributed by atoms with E-state index in [4.69, 9.17) is 18.9 Å². The molecule has 0 radical (unpaired) electrons. The lowest BCUT2D eigenvalue weighted by molar-refractivity contribution is 0.101. The van der Waals surface area contributed by atoms with Crippen LogP contribution in [0.2, 0.25) is 0 Å². The van der Waals surface area contributed by atoms with Crippen LogP contribution in [0, 0.1) is 0 Å². The molecule has 0 spiro atoms. The van der Waals surface area contributed by atoms with Gasteiger partial charge >= 0.3 is 0 Å². The van der Waals surface area contributed by atoms with E-state index in [0.717, 1.165) is 33.5 Å². The molecule has 0 saturated heterocycles. The van der Waals surface area contributed by atoms with Gasteiger partial charge in [-0.15, -0.1) is 0 Å². The van der Waals surface area contributed by atoms with Crippen LogP contribution in [0.5, 0.6) is 23.0 Å². The Kier molecular flexibility index (Phi) is 5.26. The summed E-state index contributed by atoms with van der Waals surface area (Å²) in [5.74, 6) is 2.75. The number of ketones is 1. The molecular formula is C27H23NO5. The zero-order valence-electron chi connectivity index (χ0n) is 18.6. The van der Waals surface area contributed by atoms with E-state index in [0.29, 0.717) is 23.7 Å². The van der Waals surface area contributed by atoms with Gasteiger partial charge in [0.05, 0.1) is 19.8 Å². The topological polar surface area (TPSA) is 58.9 Å². The van der Waals surface area contributed by atoms with Crippen LogP contribution in [0.4, 0.5) is 0 Å². The van der Waals surface area contributed by atoms with Gasteiger partial charge in [0.15, 0.2) is 5.76 Å². The number of para-hydroxylation sites is 1. The third kappa shape index (κ3) is 3.80. The Morgan fingerprint density at radius 3 is 2.61 bits per heavy atom. The highest BCUT2D eigenvalue weighted by Crippen LogP contribution is 2.36. The molecule has 33 heavy (non-hydrogen) atoms. The van der Waals surface area contributed by atoms with Crippen LogP contribution in [-0.4, -0.2) is 24.6 Å². The Bertz CT molecular complexity index is 1400. The second-order valence-electron chi connectivity index (χ2n) is 7.78. The fourth-order valence-corrected chi connectivity index (χ4v) is 4.03. The first-order chi connectivity index (χ1) is 16.1. The number of ether oxygens (including phenoxy) is 4. The maximum atomic E-state index is 13.0. The fraction of sp³-hybridized carbons (Fsp3) is 0.148. The van der Waals surface area contributed by atoms with Crippen molar-refractivity contribution in [1.29, 1.82) is 0 Å². The van der Waals surface area contributed by atoms with Crippen LogP contribution in [0.15, 0.2) is 72.6 Å². The van der Waals surface area contributed by atoms with E-state index in [1.807, 2.05) is 60.3 Å². The van der Waals surface area contributed by atoms with Gasteiger partial charge in [-0.2, -0.15) is 0 Å². The van der Waals surface area contributed by atoms with Gasteiger partial charge in [0, 0.05) is 41.3 Å². The smallest absolute Gasteiger partial charge is 0.231 e. The number of Topliss-reactive ketones (excluding diaryl/α,β-unsaturated/α-hetero) is 1. The van der Waals surface area contributed by atoms with Gasteiger partial charge in [-0.3, -0.25) is 4.79 Å². The van der Waals surface area contributed by atoms with Crippen molar-refractivity contribution >= 4 is 22.8 Å². The molecule has 1 aliphatic rings. The highest BCUT2D eigenvalue weighted by Gasteiger charge is 2.28. The van der Waals surface area contributed by atoms with Crippen LogP contribution in [0.3, 0.4) is 0 Å². The molecule has 0 aliphatic carbocycles. The monoisotopic (exact) mass is 441 g/mol. The van der Waals surface area contributed by atoms with E-state index in [1.54, 1.807) is 38.5 Å². The minimum atomic E-state index is -0.152. The van der Waals surface area contributed by atoms with Crippen LogP contribution >= 0.6 is 0 Å². The van der Waals surface area contributed by atoms with E-state index in [2.05, 4.69) is 0 Å². The molecule has 0 fully saturated rings. The number of hydrogen-bond acceptors (Lipinski definition) is 5. The van der Waals surface area contributed by atoms with Gasteiger partial charge < -0.3 is 23.5 Å². The summed E-state index contributed by atoms with van der Waals surface area (Å²) in [6, 6.07) is 18.8. The molecule has 0 saturated carbocycles. The van der Waals surface area contributed by atoms with Crippen molar-refractivity contribution in [1.82, 2.24) is 4.57 Å². The number of carbonyl (C=O) groups excluding carboxylic acids is 1. The quantitative estimate of drug-likeness (QED) is 0.376. The second kappa shape index (κ2) is 8.39. The minimum Gasteiger partial charge on any atom is -0.497 e. The van der Waals surface area contributed by atoms with Gasteiger partial charge in [0.2, 0.25) is 5.78 Å². The Morgan fingerprint density at radius 2 is 1.79 bits per heavy atom. The largest absolute Gasteiger partial charge is 0.497 e. The first-order valence-corrected chi connectivity index (χ1v) is 10.5. The summed E-state index contributed by atoms with van der Waals surface area (Å²) >= 11 is 0. The molecular weight excluding hydrogens is 418 g/mol. The fourth-order valence-electron chi connectivity index (χ4n) is 4.03. The molecule has 166 valence electrons. The number of hydrogen-bond donors (Lipinski definition) is 0. The SMILES string of the molecule is COc1ccc2c(c1)c(/C=C1\Oc3cc(OCc4ccccc4OC)ccc3C1=O)cn2C. The van der Waals surface area contributed by atoms with E-state index in [1.165, 1.54) is 0 Å². The third-order valence-electron chi connectivity index (χ3n) is 5.74. The number of benzene rings is 3. The zero-order valence-corrected chi connectivity index (χ0v) is 18.6. The third-order valence-corrected chi connectivity index (χ3v) is 5.74. The minimum absolute atomic E-state index is 0.152. The molecule has 1 aliphatic heterocycles. The molecule has 6 nitrogen and oxygen atoms in total. The summed E-state index contributed by atoms with van der Waals surface area (Å²) in [5, 5.41) is 0.984. The predicted molar refractivity (Wildman–Crippen MR) is 126 cm³/mol. The second-order valence-corrected chi connectivity index (χ2v) is 7.78. The van der Waals surface area contributed by atoms with Crippen LogP contribution in [0.25, 0.3) is 17.0 Å². The molecule has 3 aromatic carbocycles. The molecule has 0 bridgehead atoms. The lowest BCUT2D eigenvalue weighted by atomic mass is 10.1. The number of methoxy groups -OCH3 is 2. The summed E-state index contributed by atoms with van der Waals surface area (Å²) in [6.45, 7) is 0.345. The summed E-state index contributed by atoms with van der Waals surface area (Å²) in [6.07, 6.45) is 3.75. The molecule has 0 atom stereocenters. The van der Waals surface area contributed by atoms with E-state index in [9.17, 15) is 4.79 Å². The van der Waals surface area contributed by atoms with E-state index < -0.39 is 0 Å². The molecule has 2 heterocycles. The lowest BCUT2D eigenvalue weighted by Crippen LogP contribution is -1.99. The number of nitrogens with zero attached hydrogens (tertiary/aromatic N) is 1. The maximum absolute atomic E-state index is 13.0. The van der Waals surface area contributed by atoms with E-state index in [-0.39, 0.29) is 11.5 Å². The van der Waals surface area contributed by atoms with Crippen molar-refractivity contribution in [3.05, 3.63) is 89.3 Å². The number of fused-ring (bicyclic) bond motifs is 2. The molecule has 4 aromatic rings. The predicted octanol–water partition coefficient (Wildman–Crippen LogP) is 5.39. The number of allylic oxidation sites excluding steroid dienone is 1. The molecule has 0 N–H and O–H groups in total.